The Balaban J connectivity index is 1.71. The molecule has 21 heavy (non-hydrogen) atoms. The number of rotatable bonds is 7. The lowest BCUT2D eigenvalue weighted by Crippen LogP contribution is -2.06. The molecule has 0 saturated heterocycles. The van der Waals surface area contributed by atoms with Crippen molar-refractivity contribution in [2.45, 2.75) is 13.0 Å². The van der Waals surface area contributed by atoms with Crippen molar-refractivity contribution in [1.82, 2.24) is 0 Å². The monoisotopic (exact) mass is 309 g/mol. The van der Waals surface area contributed by atoms with Crippen molar-refractivity contribution in [2.75, 3.05) is 13.2 Å². The van der Waals surface area contributed by atoms with Crippen molar-refractivity contribution < 1.29 is 13.9 Å². The van der Waals surface area contributed by atoms with Crippen LogP contribution in [0, 0.1) is 5.82 Å². The highest BCUT2D eigenvalue weighted by Crippen LogP contribution is 2.24. The van der Waals surface area contributed by atoms with E-state index < -0.39 is 5.82 Å². The molecule has 0 radical (unpaired) electrons. The minimum Gasteiger partial charge on any atom is -0.493 e. The summed E-state index contributed by atoms with van der Waals surface area (Å²) in [6.45, 7) is 1.36. The smallest absolute Gasteiger partial charge is 0.183 e. The van der Waals surface area contributed by atoms with Gasteiger partial charge in [-0.1, -0.05) is 29.8 Å². The third kappa shape index (κ3) is 4.62. The van der Waals surface area contributed by atoms with Gasteiger partial charge in [-0.25, -0.2) is 4.39 Å². The van der Waals surface area contributed by atoms with Gasteiger partial charge < -0.3 is 15.2 Å². The van der Waals surface area contributed by atoms with Gasteiger partial charge in [-0.15, -0.1) is 0 Å². The van der Waals surface area contributed by atoms with Crippen LogP contribution >= 0.6 is 11.6 Å². The summed E-state index contributed by atoms with van der Waals surface area (Å²) in [6, 6.07) is 12.3. The first kappa shape index (κ1) is 15.6. The van der Waals surface area contributed by atoms with E-state index in [1.165, 1.54) is 6.07 Å². The number of ether oxygens (including phenoxy) is 2. The first-order valence-corrected chi connectivity index (χ1v) is 7.07. The Labute approximate surface area is 128 Å². The van der Waals surface area contributed by atoms with Crippen molar-refractivity contribution >= 4 is 11.6 Å². The van der Waals surface area contributed by atoms with Crippen LogP contribution in [0.15, 0.2) is 42.5 Å². The lowest BCUT2D eigenvalue weighted by Gasteiger charge is -2.09. The van der Waals surface area contributed by atoms with Crippen LogP contribution in [0.1, 0.15) is 12.0 Å². The summed E-state index contributed by atoms with van der Waals surface area (Å²) < 4.78 is 24.4. The lowest BCUT2D eigenvalue weighted by molar-refractivity contribution is 0.241. The molecule has 0 aliphatic carbocycles. The van der Waals surface area contributed by atoms with Crippen molar-refractivity contribution in [1.29, 1.82) is 0 Å². The molecule has 0 fully saturated rings. The van der Waals surface area contributed by atoms with E-state index in [4.69, 9.17) is 26.8 Å². The van der Waals surface area contributed by atoms with Gasteiger partial charge in [0.15, 0.2) is 11.6 Å². The van der Waals surface area contributed by atoms with Gasteiger partial charge in [0.1, 0.15) is 5.75 Å². The molecule has 5 heteroatoms. The molecule has 3 nitrogen and oxygen atoms in total. The fourth-order valence-corrected chi connectivity index (χ4v) is 1.91. The van der Waals surface area contributed by atoms with Crippen LogP contribution in [-0.2, 0) is 6.54 Å². The summed E-state index contributed by atoms with van der Waals surface area (Å²) in [5.41, 5.74) is 6.58. The highest BCUT2D eigenvalue weighted by atomic mass is 35.5. The van der Waals surface area contributed by atoms with Crippen LogP contribution in [0.4, 0.5) is 4.39 Å². The molecule has 0 aromatic heterocycles. The molecule has 2 aromatic carbocycles. The molecule has 0 bridgehead atoms. The number of hydrogen-bond acceptors (Lipinski definition) is 3. The van der Waals surface area contributed by atoms with Gasteiger partial charge in [0.05, 0.1) is 18.2 Å². The molecule has 0 aliphatic heterocycles. The largest absolute Gasteiger partial charge is 0.493 e. The molecule has 0 amide bonds. The highest BCUT2D eigenvalue weighted by molar-refractivity contribution is 6.30. The van der Waals surface area contributed by atoms with Crippen LogP contribution in [0.25, 0.3) is 0 Å². The molecule has 2 rings (SSSR count). The maximum Gasteiger partial charge on any atom is 0.183 e. The first-order valence-electron chi connectivity index (χ1n) is 6.69. The quantitative estimate of drug-likeness (QED) is 0.792. The topological polar surface area (TPSA) is 44.5 Å². The van der Waals surface area contributed by atoms with Crippen molar-refractivity contribution in [3.05, 3.63) is 58.9 Å². The Morgan fingerprint density at radius 1 is 1.00 bits per heavy atom. The van der Waals surface area contributed by atoms with Crippen LogP contribution < -0.4 is 15.2 Å². The number of halogens is 2. The Hall–Kier alpha value is -1.78. The van der Waals surface area contributed by atoms with Gasteiger partial charge in [-0.3, -0.25) is 0 Å². The zero-order chi connectivity index (χ0) is 15.1. The molecule has 2 aromatic rings. The van der Waals surface area contributed by atoms with E-state index in [1.807, 2.05) is 24.3 Å². The zero-order valence-electron chi connectivity index (χ0n) is 11.5. The van der Waals surface area contributed by atoms with Crippen molar-refractivity contribution in [2.24, 2.45) is 5.73 Å². The van der Waals surface area contributed by atoms with Gasteiger partial charge in [0.25, 0.3) is 0 Å². The van der Waals surface area contributed by atoms with Gasteiger partial charge in [0, 0.05) is 13.0 Å². The predicted molar refractivity (Wildman–Crippen MR) is 81.4 cm³/mol. The van der Waals surface area contributed by atoms with Gasteiger partial charge in [-0.05, 0) is 29.8 Å². The normalized spacial score (nSPS) is 10.4. The number of nitrogens with two attached hydrogens (primary N) is 1. The van der Waals surface area contributed by atoms with E-state index in [0.29, 0.717) is 26.2 Å². The number of benzene rings is 2. The molecule has 2 N–H and O–H groups in total. The fraction of sp³-hybridized carbons (Fsp3) is 0.250. The third-order valence-corrected chi connectivity index (χ3v) is 3.18. The van der Waals surface area contributed by atoms with Gasteiger partial charge >= 0.3 is 0 Å². The molecule has 0 atom stereocenters. The maximum atomic E-state index is 13.5. The van der Waals surface area contributed by atoms with E-state index in [-0.39, 0.29) is 10.8 Å². The molecule has 0 aliphatic rings. The second-order valence-electron chi connectivity index (χ2n) is 4.45. The summed E-state index contributed by atoms with van der Waals surface area (Å²) in [4.78, 5) is 0. The van der Waals surface area contributed by atoms with Crippen LogP contribution in [0.5, 0.6) is 11.5 Å². The van der Waals surface area contributed by atoms with Gasteiger partial charge in [-0.2, -0.15) is 0 Å². The van der Waals surface area contributed by atoms with Crippen LogP contribution in [0.3, 0.4) is 0 Å². The van der Waals surface area contributed by atoms with E-state index in [2.05, 4.69) is 0 Å². The summed E-state index contributed by atoms with van der Waals surface area (Å²) in [7, 11) is 0. The van der Waals surface area contributed by atoms with E-state index in [9.17, 15) is 4.39 Å². The second kappa shape index (κ2) is 7.86. The molecular formula is C16H17ClFNO2. The molecule has 112 valence electrons. The van der Waals surface area contributed by atoms with Gasteiger partial charge in [0.2, 0.25) is 0 Å². The van der Waals surface area contributed by atoms with E-state index in [1.54, 1.807) is 12.1 Å². The maximum absolute atomic E-state index is 13.5. The van der Waals surface area contributed by atoms with Crippen LogP contribution in [-0.4, -0.2) is 13.2 Å². The minimum atomic E-state index is -0.530. The van der Waals surface area contributed by atoms with Crippen molar-refractivity contribution in [3.63, 3.8) is 0 Å². The average molecular weight is 310 g/mol. The zero-order valence-corrected chi connectivity index (χ0v) is 12.3. The standard InChI is InChI=1S/C16H17ClFNO2/c17-14-3-1-4-15(16(14)18)21-10-2-9-20-13-7-5-12(11-19)6-8-13/h1,3-8H,2,9-11,19H2. The van der Waals surface area contributed by atoms with Crippen molar-refractivity contribution in [3.8, 4) is 11.5 Å². The van der Waals surface area contributed by atoms with E-state index in [0.717, 1.165) is 11.3 Å². The lowest BCUT2D eigenvalue weighted by atomic mass is 10.2. The van der Waals surface area contributed by atoms with E-state index >= 15 is 0 Å². The third-order valence-electron chi connectivity index (χ3n) is 2.89. The highest BCUT2D eigenvalue weighted by Gasteiger charge is 2.06. The Bertz CT molecular complexity index is 575. The summed E-state index contributed by atoms with van der Waals surface area (Å²) in [5, 5.41) is 0.0590. The first-order chi connectivity index (χ1) is 10.2. The Morgan fingerprint density at radius 3 is 2.43 bits per heavy atom. The average Bonchev–Trinajstić information content (AvgIpc) is 2.51. The van der Waals surface area contributed by atoms with Crippen LogP contribution in [0.2, 0.25) is 5.02 Å². The molecule has 0 heterocycles. The SMILES string of the molecule is NCc1ccc(OCCCOc2cccc(Cl)c2F)cc1. The Morgan fingerprint density at radius 2 is 1.71 bits per heavy atom. The Kier molecular flexibility index (Phi) is 5.84. The summed E-state index contributed by atoms with van der Waals surface area (Å²) >= 11 is 5.67. The molecule has 0 spiro atoms. The number of hydrogen-bond donors (Lipinski definition) is 1. The summed E-state index contributed by atoms with van der Waals surface area (Å²) in [6.07, 6.45) is 0.643. The summed E-state index contributed by atoms with van der Waals surface area (Å²) in [5.74, 6) is 0.411. The molecule has 0 saturated carbocycles. The predicted octanol–water partition coefficient (Wildman–Crippen LogP) is 3.79. The fourth-order valence-electron chi connectivity index (χ4n) is 1.75. The second-order valence-corrected chi connectivity index (χ2v) is 4.86. The molecular weight excluding hydrogens is 293 g/mol. The molecule has 0 unspecified atom stereocenters. The minimum absolute atomic E-state index is 0.0590.